The van der Waals surface area contributed by atoms with E-state index in [4.69, 9.17) is 4.74 Å². The fourth-order valence-corrected chi connectivity index (χ4v) is 13.2. The van der Waals surface area contributed by atoms with Gasteiger partial charge in [-0.1, -0.05) is 63.8 Å². The Bertz CT molecular complexity index is 2310. The van der Waals surface area contributed by atoms with Crippen molar-refractivity contribution in [1.82, 2.24) is 0 Å². The van der Waals surface area contributed by atoms with Crippen LogP contribution in [0.3, 0.4) is 0 Å². The van der Waals surface area contributed by atoms with Crippen molar-refractivity contribution in [3.8, 4) is 11.5 Å². The minimum absolute atomic E-state index is 0.00264. The number of Topliss-reactive ketones (excluding diaryl/α,β-unsaturated/α-hetero) is 3. The van der Waals surface area contributed by atoms with Gasteiger partial charge in [-0.2, -0.15) is 0 Å². The predicted octanol–water partition coefficient (Wildman–Crippen LogP) is 12.5. The number of phenols is 1. The molecule has 3 fully saturated rings. The number of carboxylic acids is 1. The number of allylic oxidation sites excluding steroid dienone is 5. The van der Waals surface area contributed by atoms with Crippen LogP contribution in [0.25, 0.3) is 0 Å². The van der Waals surface area contributed by atoms with E-state index in [2.05, 4.69) is 26.8 Å². The number of carbonyl (C=O) groups is 5. The molecule has 64 heavy (non-hydrogen) atoms. The molecule has 3 saturated carbocycles. The van der Waals surface area contributed by atoms with E-state index in [0.717, 1.165) is 73.1 Å². The van der Waals surface area contributed by atoms with E-state index in [1.165, 1.54) is 76.0 Å². The minimum Gasteiger partial charge on any atom is -0.505 e. The highest BCUT2D eigenvalue weighted by Crippen LogP contribution is 2.66. The van der Waals surface area contributed by atoms with Gasteiger partial charge in [0.05, 0.1) is 5.56 Å². The number of ketones is 4. The molecule has 6 unspecified atom stereocenters. The maximum atomic E-state index is 14.6. The average molecular weight is 879 g/mol. The molecule has 10 heteroatoms. The van der Waals surface area contributed by atoms with Gasteiger partial charge >= 0.3 is 5.97 Å². The van der Waals surface area contributed by atoms with E-state index in [9.17, 15) is 43.0 Å². The summed E-state index contributed by atoms with van der Waals surface area (Å²) in [7, 11) is 0. The van der Waals surface area contributed by atoms with Crippen molar-refractivity contribution in [2.75, 3.05) is 0 Å². The summed E-state index contributed by atoms with van der Waals surface area (Å²) >= 11 is 0. The molecule has 8 rings (SSSR count). The maximum absolute atomic E-state index is 14.6. The quantitative estimate of drug-likeness (QED) is 0.0911. The van der Waals surface area contributed by atoms with Crippen molar-refractivity contribution in [2.45, 2.75) is 149 Å². The van der Waals surface area contributed by atoms with Gasteiger partial charge in [0.1, 0.15) is 23.1 Å². The summed E-state index contributed by atoms with van der Waals surface area (Å²) in [6, 6.07) is 6.06. The number of fused-ring (bicyclic) bond motifs is 7. The van der Waals surface area contributed by atoms with E-state index >= 15 is 0 Å². The van der Waals surface area contributed by atoms with Gasteiger partial charge < -0.3 is 14.9 Å². The number of benzene rings is 2. The molecule has 1 heterocycles. The van der Waals surface area contributed by atoms with Crippen molar-refractivity contribution in [3.05, 3.63) is 93.8 Å². The van der Waals surface area contributed by atoms with Crippen molar-refractivity contribution < 1.29 is 47.7 Å². The highest BCUT2D eigenvalue weighted by Gasteiger charge is 2.57. The molecular weight excluding hydrogens is 815 g/mol. The van der Waals surface area contributed by atoms with Crippen LogP contribution in [0.2, 0.25) is 0 Å². The number of rotatable bonds is 17. The maximum Gasteiger partial charge on any atom is 0.336 e. The molecule has 8 nitrogen and oxygen atoms in total. The largest absolute Gasteiger partial charge is 0.505 e. The Kier molecular flexibility index (Phi) is 13.3. The van der Waals surface area contributed by atoms with E-state index < -0.39 is 41.0 Å². The first-order valence-electron chi connectivity index (χ1n) is 24.0. The second-order valence-electron chi connectivity index (χ2n) is 20.7. The van der Waals surface area contributed by atoms with Gasteiger partial charge in [-0.05, 0) is 135 Å². The van der Waals surface area contributed by atoms with Crippen molar-refractivity contribution in [1.29, 1.82) is 0 Å². The number of ether oxygens (including phenoxy) is 1. The molecular formula is C54H64F2O8. The zero-order chi connectivity index (χ0) is 45.5. The molecule has 0 saturated heterocycles. The Balaban J connectivity index is 0.746. The Labute approximate surface area is 376 Å². The minimum atomic E-state index is -1.38. The number of carboxylic acid groups (broad SMARTS) is 1. The molecule has 0 radical (unpaired) electrons. The summed E-state index contributed by atoms with van der Waals surface area (Å²) in [6.07, 6.45) is 21.9. The summed E-state index contributed by atoms with van der Waals surface area (Å²) in [5.74, 6) is -3.10. The summed E-state index contributed by atoms with van der Waals surface area (Å²) in [5.41, 5.74) is 2.79. The molecule has 342 valence electrons. The Morgan fingerprint density at radius 2 is 1.56 bits per heavy atom. The number of hydrogen-bond acceptors (Lipinski definition) is 7. The van der Waals surface area contributed by atoms with E-state index in [-0.39, 0.29) is 76.8 Å². The van der Waals surface area contributed by atoms with Crippen LogP contribution < -0.4 is 4.74 Å². The van der Waals surface area contributed by atoms with Crippen molar-refractivity contribution >= 4 is 29.1 Å². The average Bonchev–Trinajstić information content (AvgIpc) is 3.57. The van der Waals surface area contributed by atoms with Gasteiger partial charge in [-0.15, -0.1) is 0 Å². The van der Waals surface area contributed by atoms with Gasteiger partial charge in [0.2, 0.25) is 5.78 Å². The monoisotopic (exact) mass is 878 g/mol. The van der Waals surface area contributed by atoms with Crippen LogP contribution in [-0.4, -0.2) is 39.3 Å². The van der Waals surface area contributed by atoms with Gasteiger partial charge in [-0.25, -0.2) is 13.6 Å². The Morgan fingerprint density at radius 3 is 2.31 bits per heavy atom. The number of phenolic OH excluding ortho intramolecular Hbond substituents is 1. The molecule has 9 atom stereocenters. The predicted molar refractivity (Wildman–Crippen MR) is 239 cm³/mol. The number of aromatic carboxylic acids is 1. The van der Waals surface area contributed by atoms with Gasteiger partial charge in [0.15, 0.2) is 23.2 Å². The molecule has 6 aliphatic rings. The molecule has 0 aromatic heterocycles. The highest BCUT2D eigenvalue weighted by molar-refractivity contribution is 6.04. The standard InChI is InChI=1S/C54H64F2O8/c1-31-15-20-42-38-19-17-34-25-32(21-23-54(34,3)43(38)22-24-53(31,42)2)9-5-4-6-10-35(57)11-7-12-36(58)13-8-14-46(59)33-16-18-37(39(26-33)52(62)63)51-40-27-44(55)47(60)29-49(40)64-50-30-48(61)45(56)28-41(50)51/h16-18,26-32,38,40,42-43,51,61H,4-15,19-25H2,1-3H3,(H,62,63)/t31?,32-,38+,40?,42-,43?,51?,53?,54?/m0/s1. The lowest BCUT2D eigenvalue weighted by Crippen LogP contribution is -2.49. The number of hydrogen-bond donors (Lipinski definition) is 2. The molecule has 2 N–H and O–H groups in total. The highest BCUT2D eigenvalue weighted by atomic mass is 19.1. The zero-order valence-electron chi connectivity index (χ0n) is 37.7. The fourth-order valence-electron chi connectivity index (χ4n) is 13.2. The number of aromatic hydroxyl groups is 1. The number of unbranched alkanes of at least 4 members (excludes halogenated alkanes) is 2. The molecule has 1 aliphatic heterocycles. The lowest BCUT2D eigenvalue weighted by atomic mass is 9.47. The van der Waals surface area contributed by atoms with Crippen molar-refractivity contribution in [3.63, 3.8) is 0 Å². The van der Waals surface area contributed by atoms with Gasteiger partial charge in [0.25, 0.3) is 0 Å². The van der Waals surface area contributed by atoms with Crippen LogP contribution in [0.5, 0.6) is 11.5 Å². The van der Waals surface area contributed by atoms with Crippen LogP contribution in [-0.2, 0) is 14.4 Å². The molecule has 2 aromatic rings. The Morgan fingerprint density at radius 1 is 0.828 bits per heavy atom. The fraction of sp³-hybridized carbons (Fsp3) is 0.574. The Hall–Kier alpha value is -4.73. The molecule has 2 aromatic carbocycles. The SMILES string of the molecule is CC1CC[C@H]2[C@H]3CC=C4C[C@@H](CCCCCC(=O)CCCC(=O)CCCC(=O)c5ccc(C6c7cc(F)c(O)cc7OC7=CC(=O)C(F)=CC76)c(C(=O)O)c5)CCC4(C)C3CCC12C. The lowest BCUT2D eigenvalue weighted by molar-refractivity contribution is -0.120. The molecule has 0 spiro atoms. The van der Waals surface area contributed by atoms with E-state index in [0.29, 0.717) is 30.1 Å². The first-order chi connectivity index (χ1) is 30.6. The molecule has 0 bridgehead atoms. The second-order valence-corrected chi connectivity index (χ2v) is 20.7. The topological polar surface area (TPSA) is 135 Å². The van der Waals surface area contributed by atoms with Crippen LogP contribution in [0, 0.1) is 52.2 Å². The normalized spacial score (nSPS) is 30.3. The van der Waals surface area contributed by atoms with Gasteiger partial charge in [0, 0.05) is 67.2 Å². The zero-order valence-corrected chi connectivity index (χ0v) is 37.7. The smallest absolute Gasteiger partial charge is 0.336 e. The summed E-state index contributed by atoms with van der Waals surface area (Å²) < 4.78 is 34.9. The second kappa shape index (κ2) is 18.6. The van der Waals surface area contributed by atoms with Crippen molar-refractivity contribution in [2.24, 2.45) is 46.3 Å². The van der Waals surface area contributed by atoms with Crippen LogP contribution in [0.15, 0.2) is 65.7 Å². The number of halogens is 2. The van der Waals surface area contributed by atoms with Gasteiger partial charge in [-0.3, -0.25) is 19.2 Å². The van der Waals surface area contributed by atoms with E-state index in [1.54, 1.807) is 5.57 Å². The molecule has 5 aliphatic carbocycles. The third-order valence-electron chi connectivity index (χ3n) is 17.1. The van der Waals surface area contributed by atoms with E-state index in [1.807, 2.05) is 0 Å². The first kappa shape index (κ1) is 45.8. The molecule has 0 amide bonds. The summed E-state index contributed by atoms with van der Waals surface area (Å²) in [6.45, 7) is 7.70. The van der Waals surface area contributed by atoms with Crippen LogP contribution in [0.1, 0.15) is 181 Å². The van der Waals surface area contributed by atoms with Crippen LogP contribution in [0.4, 0.5) is 8.78 Å². The van der Waals surface area contributed by atoms with Crippen LogP contribution >= 0.6 is 0 Å². The number of carbonyl (C=O) groups excluding carboxylic acids is 4. The third-order valence-corrected chi connectivity index (χ3v) is 17.1. The first-order valence-corrected chi connectivity index (χ1v) is 24.0. The summed E-state index contributed by atoms with van der Waals surface area (Å²) in [5, 5.41) is 20.2. The third kappa shape index (κ3) is 8.96. The summed E-state index contributed by atoms with van der Waals surface area (Å²) in [4.78, 5) is 63.3. The lowest BCUT2D eigenvalue weighted by Gasteiger charge is -2.58.